The minimum Gasteiger partial charge on any atom is -0.493 e. The number of aromatic nitrogens is 1. The van der Waals surface area contributed by atoms with Crippen molar-refractivity contribution in [1.82, 2.24) is 4.98 Å². The highest BCUT2D eigenvalue weighted by atomic mass is 16.5. The molecule has 0 aliphatic carbocycles. The second kappa shape index (κ2) is 7.26. The Balaban J connectivity index is 1.93. The number of benzene rings is 2. The number of carbonyl (C=O) groups is 1. The lowest BCUT2D eigenvalue weighted by molar-refractivity contribution is 0.102. The van der Waals surface area contributed by atoms with Gasteiger partial charge in [-0.15, -0.1) is 0 Å². The highest BCUT2D eigenvalue weighted by molar-refractivity contribution is 6.13. The van der Waals surface area contributed by atoms with Crippen molar-refractivity contribution in [3.05, 3.63) is 42.1 Å². The summed E-state index contributed by atoms with van der Waals surface area (Å²) >= 11 is 0. The van der Waals surface area contributed by atoms with Crippen LogP contribution in [0.15, 0.2) is 36.5 Å². The Labute approximate surface area is 150 Å². The van der Waals surface area contributed by atoms with Gasteiger partial charge in [0.25, 0.3) is 5.91 Å². The summed E-state index contributed by atoms with van der Waals surface area (Å²) in [5.41, 5.74) is 1.87. The lowest BCUT2D eigenvalue weighted by atomic mass is 10.1. The normalized spacial score (nSPS) is 10.5. The number of fused-ring (bicyclic) bond motifs is 1. The van der Waals surface area contributed by atoms with Crippen molar-refractivity contribution >= 4 is 22.5 Å². The molecule has 136 valence electrons. The molecule has 1 amide bonds. The van der Waals surface area contributed by atoms with Crippen LogP contribution in [-0.4, -0.2) is 39.3 Å². The van der Waals surface area contributed by atoms with Gasteiger partial charge in [-0.3, -0.25) is 4.79 Å². The van der Waals surface area contributed by atoms with Crippen molar-refractivity contribution < 1.29 is 23.7 Å². The minimum absolute atomic E-state index is 0.254. The van der Waals surface area contributed by atoms with E-state index in [-0.39, 0.29) is 5.91 Å². The van der Waals surface area contributed by atoms with Gasteiger partial charge in [0.15, 0.2) is 23.0 Å². The Kier molecular flexibility index (Phi) is 4.88. The molecule has 0 saturated carbocycles. The van der Waals surface area contributed by atoms with Crippen LogP contribution < -0.4 is 24.3 Å². The van der Waals surface area contributed by atoms with E-state index in [0.717, 1.165) is 10.9 Å². The maximum atomic E-state index is 12.7. The third-order valence-electron chi connectivity index (χ3n) is 4.07. The SMILES string of the molecule is COc1ccc(NC(=O)c2c[nH]c3cc(OC)c(OC)cc23)cc1OC. The number of ether oxygens (including phenoxy) is 4. The van der Waals surface area contributed by atoms with Crippen molar-refractivity contribution in [2.24, 2.45) is 0 Å². The summed E-state index contributed by atoms with van der Waals surface area (Å²) in [4.78, 5) is 15.8. The number of H-pyrrole nitrogens is 1. The molecule has 0 radical (unpaired) electrons. The highest BCUT2D eigenvalue weighted by Gasteiger charge is 2.16. The first-order valence-electron chi connectivity index (χ1n) is 7.87. The standard InChI is InChI=1S/C19H20N2O5/c1-23-15-6-5-11(7-16(15)24-2)21-19(22)13-10-20-14-9-18(26-4)17(25-3)8-12(13)14/h5-10,20H,1-4H3,(H,21,22). The Morgan fingerprint density at radius 2 is 1.46 bits per heavy atom. The van der Waals surface area contributed by atoms with Crippen molar-refractivity contribution in [3.8, 4) is 23.0 Å². The predicted octanol–water partition coefficient (Wildman–Crippen LogP) is 3.45. The van der Waals surface area contributed by atoms with Gasteiger partial charge in [0.2, 0.25) is 0 Å². The van der Waals surface area contributed by atoms with Gasteiger partial charge in [-0.25, -0.2) is 0 Å². The molecule has 26 heavy (non-hydrogen) atoms. The van der Waals surface area contributed by atoms with E-state index in [0.29, 0.717) is 34.2 Å². The molecule has 0 bridgehead atoms. The molecule has 0 atom stereocenters. The van der Waals surface area contributed by atoms with Gasteiger partial charge in [0, 0.05) is 29.4 Å². The number of hydrogen-bond donors (Lipinski definition) is 2. The van der Waals surface area contributed by atoms with E-state index in [1.54, 1.807) is 65.0 Å². The molecular formula is C19H20N2O5. The van der Waals surface area contributed by atoms with Gasteiger partial charge >= 0.3 is 0 Å². The molecular weight excluding hydrogens is 336 g/mol. The summed E-state index contributed by atoms with van der Waals surface area (Å²) in [7, 11) is 6.23. The fraction of sp³-hybridized carbons (Fsp3) is 0.211. The maximum absolute atomic E-state index is 12.7. The van der Waals surface area contributed by atoms with Crippen LogP contribution in [0.25, 0.3) is 10.9 Å². The summed E-state index contributed by atoms with van der Waals surface area (Å²) in [6, 6.07) is 8.75. The van der Waals surface area contributed by atoms with E-state index in [1.807, 2.05) is 0 Å². The van der Waals surface area contributed by atoms with Gasteiger partial charge in [0.05, 0.1) is 39.5 Å². The molecule has 7 heteroatoms. The second-order valence-corrected chi connectivity index (χ2v) is 5.48. The third kappa shape index (κ3) is 3.11. The number of nitrogens with one attached hydrogen (secondary N) is 2. The van der Waals surface area contributed by atoms with E-state index in [4.69, 9.17) is 18.9 Å². The van der Waals surface area contributed by atoms with Gasteiger partial charge in [-0.1, -0.05) is 0 Å². The molecule has 0 saturated heterocycles. The molecule has 2 N–H and O–H groups in total. The molecule has 3 aromatic rings. The Bertz CT molecular complexity index is 948. The van der Waals surface area contributed by atoms with E-state index >= 15 is 0 Å². The summed E-state index contributed by atoms with van der Waals surface area (Å²) in [5.74, 6) is 2.02. The zero-order valence-electron chi connectivity index (χ0n) is 15.0. The first kappa shape index (κ1) is 17.5. The van der Waals surface area contributed by atoms with E-state index in [1.165, 1.54) is 0 Å². The predicted molar refractivity (Wildman–Crippen MR) is 98.9 cm³/mol. The number of anilines is 1. The smallest absolute Gasteiger partial charge is 0.257 e. The quantitative estimate of drug-likeness (QED) is 0.707. The van der Waals surface area contributed by atoms with Crippen LogP contribution in [0, 0.1) is 0 Å². The number of rotatable bonds is 6. The number of hydrogen-bond acceptors (Lipinski definition) is 5. The zero-order chi connectivity index (χ0) is 18.7. The fourth-order valence-corrected chi connectivity index (χ4v) is 2.75. The molecule has 2 aromatic carbocycles. The summed E-state index contributed by atoms with van der Waals surface area (Å²) < 4.78 is 21.1. The van der Waals surface area contributed by atoms with Crippen LogP contribution in [0.2, 0.25) is 0 Å². The van der Waals surface area contributed by atoms with Crippen LogP contribution in [-0.2, 0) is 0 Å². The van der Waals surface area contributed by atoms with Crippen molar-refractivity contribution in [2.45, 2.75) is 0 Å². The average Bonchev–Trinajstić information content (AvgIpc) is 3.09. The number of amides is 1. The van der Waals surface area contributed by atoms with Gasteiger partial charge < -0.3 is 29.2 Å². The number of methoxy groups -OCH3 is 4. The van der Waals surface area contributed by atoms with Crippen molar-refractivity contribution in [3.63, 3.8) is 0 Å². The number of aromatic amines is 1. The molecule has 3 rings (SSSR count). The molecule has 1 heterocycles. The summed E-state index contributed by atoms with van der Waals surface area (Å²) in [5, 5.41) is 3.60. The number of carbonyl (C=O) groups excluding carboxylic acids is 1. The van der Waals surface area contributed by atoms with Crippen LogP contribution in [0.4, 0.5) is 5.69 Å². The Hall–Kier alpha value is -3.35. The lowest BCUT2D eigenvalue weighted by Gasteiger charge is -2.11. The van der Waals surface area contributed by atoms with Crippen LogP contribution in [0.1, 0.15) is 10.4 Å². The Morgan fingerprint density at radius 1 is 0.846 bits per heavy atom. The van der Waals surface area contributed by atoms with Crippen molar-refractivity contribution in [2.75, 3.05) is 33.8 Å². The minimum atomic E-state index is -0.254. The topological polar surface area (TPSA) is 81.8 Å². The molecule has 0 aliphatic heterocycles. The third-order valence-corrected chi connectivity index (χ3v) is 4.07. The lowest BCUT2D eigenvalue weighted by Crippen LogP contribution is -2.11. The van der Waals surface area contributed by atoms with Crippen LogP contribution in [0.5, 0.6) is 23.0 Å². The largest absolute Gasteiger partial charge is 0.493 e. The van der Waals surface area contributed by atoms with E-state index in [9.17, 15) is 4.79 Å². The molecule has 0 aliphatic rings. The van der Waals surface area contributed by atoms with E-state index < -0.39 is 0 Å². The van der Waals surface area contributed by atoms with Crippen molar-refractivity contribution in [1.29, 1.82) is 0 Å². The van der Waals surface area contributed by atoms with Gasteiger partial charge in [0.1, 0.15) is 0 Å². The van der Waals surface area contributed by atoms with Crippen LogP contribution in [0.3, 0.4) is 0 Å². The molecule has 0 spiro atoms. The molecule has 0 fully saturated rings. The Morgan fingerprint density at radius 3 is 2.12 bits per heavy atom. The maximum Gasteiger partial charge on any atom is 0.257 e. The zero-order valence-corrected chi connectivity index (χ0v) is 15.0. The first-order chi connectivity index (χ1) is 12.6. The first-order valence-corrected chi connectivity index (χ1v) is 7.87. The summed E-state index contributed by atoms with van der Waals surface area (Å²) in [6.07, 6.45) is 1.65. The van der Waals surface area contributed by atoms with Gasteiger partial charge in [-0.2, -0.15) is 0 Å². The molecule has 1 aromatic heterocycles. The average molecular weight is 356 g/mol. The van der Waals surface area contributed by atoms with E-state index in [2.05, 4.69) is 10.3 Å². The fourth-order valence-electron chi connectivity index (χ4n) is 2.75. The van der Waals surface area contributed by atoms with Crippen LogP contribution >= 0.6 is 0 Å². The molecule has 7 nitrogen and oxygen atoms in total. The molecule has 0 unspecified atom stereocenters. The second-order valence-electron chi connectivity index (χ2n) is 5.48. The summed E-state index contributed by atoms with van der Waals surface area (Å²) in [6.45, 7) is 0. The highest BCUT2D eigenvalue weighted by Crippen LogP contribution is 2.34. The monoisotopic (exact) mass is 356 g/mol. The van der Waals surface area contributed by atoms with Gasteiger partial charge in [-0.05, 0) is 18.2 Å².